The van der Waals surface area contributed by atoms with Crippen molar-refractivity contribution in [3.05, 3.63) is 39.3 Å². The molecule has 0 aliphatic carbocycles. The van der Waals surface area contributed by atoms with Crippen LogP contribution in [0.25, 0.3) is 0 Å². The van der Waals surface area contributed by atoms with Crippen LogP contribution >= 0.6 is 27.3 Å². The fourth-order valence-corrected chi connectivity index (χ4v) is 2.39. The number of rotatable bonds is 4. The van der Waals surface area contributed by atoms with Crippen LogP contribution in [0.15, 0.2) is 28.7 Å². The number of aromatic nitrogens is 2. The number of anilines is 1. The highest BCUT2D eigenvalue weighted by atomic mass is 79.9. The maximum atomic E-state index is 12.4. The van der Waals surface area contributed by atoms with Crippen molar-refractivity contribution >= 4 is 38.3 Å². The summed E-state index contributed by atoms with van der Waals surface area (Å²) >= 11 is 3.91. The lowest BCUT2D eigenvalue weighted by atomic mass is 9.92. The van der Waals surface area contributed by atoms with Crippen LogP contribution in [-0.4, -0.2) is 16.1 Å². The van der Waals surface area contributed by atoms with Gasteiger partial charge in [0.1, 0.15) is 5.54 Å². The summed E-state index contributed by atoms with van der Waals surface area (Å²) in [6.07, 6.45) is -2.72. The van der Waals surface area contributed by atoms with Crippen LogP contribution in [0.1, 0.15) is 23.9 Å². The van der Waals surface area contributed by atoms with Crippen molar-refractivity contribution in [1.82, 2.24) is 10.2 Å². The molecule has 1 atom stereocenters. The lowest BCUT2D eigenvalue weighted by Crippen LogP contribution is -2.45. The standard InChI is InChI=1S/C12H11BrF2N4OS/c1-12(16,6-2-4-7(13)5-3-6)10(20)17-11-19-18-9(21-11)8(14)15/h2-5,8H,16H2,1H3,(H,17,19,20). The zero-order valence-corrected chi connectivity index (χ0v) is 13.2. The first-order valence-electron chi connectivity index (χ1n) is 5.78. The van der Waals surface area contributed by atoms with Gasteiger partial charge in [-0.1, -0.05) is 39.4 Å². The molecular formula is C12H11BrF2N4OS. The third-order valence-electron chi connectivity index (χ3n) is 2.76. The second kappa shape index (κ2) is 6.12. The average Bonchev–Trinajstić information content (AvgIpc) is 2.88. The zero-order chi connectivity index (χ0) is 15.6. The van der Waals surface area contributed by atoms with E-state index in [9.17, 15) is 13.6 Å². The maximum Gasteiger partial charge on any atom is 0.291 e. The molecule has 3 N–H and O–H groups in total. The van der Waals surface area contributed by atoms with Crippen LogP contribution < -0.4 is 11.1 Å². The molecule has 1 aromatic carbocycles. The number of benzene rings is 1. The number of alkyl halides is 2. The third-order valence-corrected chi connectivity index (χ3v) is 4.14. The van der Waals surface area contributed by atoms with Crippen LogP contribution in [0.3, 0.4) is 0 Å². The molecule has 2 aromatic rings. The third kappa shape index (κ3) is 3.60. The van der Waals surface area contributed by atoms with Crippen molar-refractivity contribution in [2.45, 2.75) is 18.9 Å². The summed E-state index contributed by atoms with van der Waals surface area (Å²) in [4.78, 5) is 12.2. The van der Waals surface area contributed by atoms with Crippen LogP contribution in [-0.2, 0) is 10.3 Å². The topological polar surface area (TPSA) is 80.9 Å². The summed E-state index contributed by atoms with van der Waals surface area (Å²) in [7, 11) is 0. The van der Waals surface area contributed by atoms with Gasteiger partial charge in [0.05, 0.1) is 0 Å². The SMILES string of the molecule is CC(N)(C(=O)Nc1nnc(C(F)F)s1)c1ccc(Br)cc1. The number of amides is 1. The molecule has 2 rings (SSSR count). The minimum absolute atomic E-state index is 0.0101. The highest BCUT2D eigenvalue weighted by Gasteiger charge is 2.31. The Kier molecular flexibility index (Phi) is 4.64. The monoisotopic (exact) mass is 376 g/mol. The highest BCUT2D eigenvalue weighted by Crippen LogP contribution is 2.27. The molecule has 0 spiro atoms. The van der Waals surface area contributed by atoms with E-state index in [0.717, 1.165) is 4.47 Å². The van der Waals surface area contributed by atoms with Crippen molar-refractivity contribution in [3.8, 4) is 0 Å². The summed E-state index contributed by atoms with van der Waals surface area (Å²) in [6.45, 7) is 1.53. The molecule has 1 aromatic heterocycles. The van der Waals surface area contributed by atoms with Crippen molar-refractivity contribution in [2.24, 2.45) is 5.73 Å². The second-order valence-corrected chi connectivity index (χ2v) is 6.33. The number of carbonyl (C=O) groups is 1. The van der Waals surface area contributed by atoms with E-state index >= 15 is 0 Å². The van der Waals surface area contributed by atoms with Crippen LogP contribution in [0.4, 0.5) is 13.9 Å². The van der Waals surface area contributed by atoms with E-state index in [2.05, 4.69) is 31.4 Å². The van der Waals surface area contributed by atoms with E-state index in [1.165, 1.54) is 6.92 Å². The molecule has 5 nitrogen and oxygen atoms in total. The Labute approximate surface area is 131 Å². The molecule has 0 saturated carbocycles. The molecule has 9 heteroatoms. The van der Waals surface area contributed by atoms with Gasteiger partial charge in [0.25, 0.3) is 12.3 Å². The predicted octanol–water partition coefficient (Wildman–Crippen LogP) is 3.05. The fourth-order valence-electron chi connectivity index (χ4n) is 1.53. The first-order valence-corrected chi connectivity index (χ1v) is 7.39. The van der Waals surface area contributed by atoms with Gasteiger partial charge in [-0.2, -0.15) is 0 Å². The van der Waals surface area contributed by atoms with E-state index in [1.54, 1.807) is 24.3 Å². The number of hydrogen-bond donors (Lipinski definition) is 2. The van der Waals surface area contributed by atoms with Crippen molar-refractivity contribution in [1.29, 1.82) is 0 Å². The molecule has 1 unspecified atom stereocenters. The Morgan fingerprint density at radius 2 is 2.00 bits per heavy atom. The largest absolute Gasteiger partial charge is 0.314 e. The normalized spacial score (nSPS) is 14.0. The number of carbonyl (C=O) groups excluding carboxylic acids is 1. The molecule has 0 radical (unpaired) electrons. The summed E-state index contributed by atoms with van der Waals surface area (Å²) in [5.41, 5.74) is 5.29. The number of hydrogen-bond acceptors (Lipinski definition) is 5. The molecule has 0 aliphatic heterocycles. The van der Waals surface area contributed by atoms with E-state index in [-0.39, 0.29) is 5.13 Å². The quantitative estimate of drug-likeness (QED) is 0.858. The fraction of sp³-hybridized carbons (Fsp3) is 0.250. The summed E-state index contributed by atoms with van der Waals surface area (Å²) in [6, 6.07) is 6.92. The second-order valence-electron chi connectivity index (χ2n) is 4.41. The molecule has 1 heterocycles. The summed E-state index contributed by atoms with van der Waals surface area (Å²) in [5, 5.41) is 8.73. The van der Waals surface area contributed by atoms with E-state index in [0.29, 0.717) is 16.9 Å². The Hall–Kier alpha value is -1.45. The van der Waals surface area contributed by atoms with Gasteiger partial charge in [0, 0.05) is 4.47 Å². The molecular weight excluding hydrogens is 366 g/mol. The average molecular weight is 377 g/mol. The molecule has 112 valence electrons. The molecule has 21 heavy (non-hydrogen) atoms. The minimum Gasteiger partial charge on any atom is -0.314 e. The molecule has 0 fully saturated rings. The Morgan fingerprint density at radius 1 is 1.38 bits per heavy atom. The first-order chi connectivity index (χ1) is 9.80. The molecule has 0 aliphatic rings. The highest BCUT2D eigenvalue weighted by molar-refractivity contribution is 9.10. The number of nitrogens with zero attached hydrogens (tertiary/aromatic N) is 2. The van der Waals surface area contributed by atoms with Gasteiger partial charge in [-0.3, -0.25) is 10.1 Å². The van der Waals surface area contributed by atoms with Gasteiger partial charge in [-0.05, 0) is 24.6 Å². The summed E-state index contributed by atoms with van der Waals surface area (Å²) in [5.74, 6) is -0.554. The van der Waals surface area contributed by atoms with E-state index < -0.39 is 22.9 Å². The van der Waals surface area contributed by atoms with Gasteiger partial charge in [-0.25, -0.2) is 8.78 Å². The van der Waals surface area contributed by atoms with Gasteiger partial charge >= 0.3 is 0 Å². The van der Waals surface area contributed by atoms with E-state index in [1.807, 2.05) is 0 Å². The Balaban J connectivity index is 2.15. The minimum atomic E-state index is -2.72. The van der Waals surface area contributed by atoms with E-state index in [4.69, 9.17) is 5.73 Å². The predicted molar refractivity (Wildman–Crippen MR) is 79.2 cm³/mol. The molecule has 0 bridgehead atoms. The van der Waals surface area contributed by atoms with Crippen LogP contribution in [0, 0.1) is 0 Å². The lowest BCUT2D eigenvalue weighted by Gasteiger charge is -2.23. The summed E-state index contributed by atoms with van der Waals surface area (Å²) < 4.78 is 25.7. The van der Waals surface area contributed by atoms with Gasteiger partial charge in [-0.15, -0.1) is 10.2 Å². The molecule has 1 amide bonds. The number of nitrogens with two attached hydrogens (primary N) is 1. The number of halogens is 3. The van der Waals surface area contributed by atoms with Crippen molar-refractivity contribution in [2.75, 3.05) is 5.32 Å². The maximum absolute atomic E-state index is 12.4. The lowest BCUT2D eigenvalue weighted by molar-refractivity contribution is -0.120. The zero-order valence-electron chi connectivity index (χ0n) is 10.8. The Morgan fingerprint density at radius 3 is 2.52 bits per heavy atom. The van der Waals surface area contributed by atoms with Gasteiger partial charge in [0.2, 0.25) is 5.13 Å². The smallest absolute Gasteiger partial charge is 0.291 e. The van der Waals surface area contributed by atoms with Gasteiger partial charge in [0.15, 0.2) is 5.01 Å². The Bertz CT molecular complexity index is 645. The van der Waals surface area contributed by atoms with Gasteiger partial charge < -0.3 is 5.73 Å². The number of nitrogens with one attached hydrogen (secondary N) is 1. The first kappa shape index (κ1) is 15.9. The van der Waals surface area contributed by atoms with Crippen molar-refractivity contribution in [3.63, 3.8) is 0 Å². The van der Waals surface area contributed by atoms with Crippen LogP contribution in [0.2, 0.25) is 0 Å². The molecule has 0 saturated heterocycles. The van der Waals surface area contributed by atoms with Crippen LogP contribution in [0.5, 0.6) is 0 Å². The van der Waals surface area contributed by atoms with Crippen molar-refractivity contribution < 1.29 is 13.6 Å².